The molecule has 1 aliphatic carbocycles. The van der Waals surface area contributed by atoms with Crippen LogP contribution in [0.4, 0.5) is 33.3 Å². The number of carbonyl (C=O) groups is 10. The van der Waals surface area contributed by atoms with Crippen molar-refractivity contribution in [3.8, 4) is 0 Å². The topological polar surface area (TPSA) is 584 Å². The number of ether oxygens (including phenoxy) is 1. The van der Waals surface area contributed by atoms with Crippen LogP contribution in [0.5, 0.6) is 0 Å². The molecule has 1 saturated carbocycles. The van der Waals surface area contributed by atoms with Gasteiger partial charge >= 0.3 is 59.1 Å². The van der Waals surface area contributed by atoms with Crippen LogP contribution < -0.4 is 28.7 Å². The van der Waals surface area contributed by atoms with Crippen LogP contribution in [0.3, 0.4) is 0 Å². The largest absolute Gasteiger partial charge is 0.481 e. The first-order valence-electron chi connectivity index (χ1n) is 27.6. The predicted molar refractivity (Wildman–Crippen MR) is 311 cm³/mol. The van der Waals surface area contributed by atoms with Crippen LogP contribution in [0.15, 0.2) is 73.1 Å². The Bertz CT molecular complexity index is 3300. The van der Waals surface area contributed by atoms with Crippen molar-refractivity contribution in [3.63, 3.8) is 0 Å². The Balaban J connectivity index is 0.000000589. The fourth-order valence-corrected chi connectivity index (χ4v) is 8.12. The molecule has 0 bridgehead atoms. The maximum atomic E-state index is 13.4. The van der Waals surface area contributed by atoms with E-state index in [1.54, 1.807) is 0 Å². The average molecular weight is 1340 g/mol. The van der Waals surface area contributed by atoms with Gasteiger partial charge in [0.2, 0.25) is 23.5 Å². The number of nitrogens with two attached hydrogens (primary N) is 5. The highest BCUT2D eigenvalue weighted by Gasteiger charge is 2.35. The van der Waals surface area contributed by atoms with Gasteiger partial charge < -0.3 is 74.3 Å². The standard InChI is InChI=1S/C13H15FN2O5.C12H13FN2O6.2C11H13FN2O4.C10H16FNO4/c1-7(17)11(15)6-9(13(18)19)4-8-2-3-10(14)12(5-8)16(20)21;13-8-4-6(1-2-10(8)15(20)21)3-7(11(16)17)5-9(14)12(18)19;12-9-2-1-6(5-14-9)3-7(10(15)16)4-8(13)11(17)18;12-9-4-6(1-2-14-9)3-7(10(15)16)5-8(13)11(17)18;1-5(13)8(12)4-9(10(14)15)16-7-2-6(11)3-7/h2-3,5,9,11H,4,6,15H2,1H3,(H,18,19);1-2,4,7,9H,3,5,14H2,(H,16,17)(H,18,19);1-2,5,7-8H,3-4,13H2,(H,15,16)(H,17,18);1-2,4,7-8H,3,5,13H2,(H,15,16)(H,17,18);6-9H,2-4,12H2,1H3,(H,14,15)/i14-1;13-1;2*12-1;11-1. The molecule has 516 valence electrons. The van der Waals surface area contributed by atoms with E-state index < -0.39 is 159 Å². The van der Waals surface area contributed by atoms with E-state index in [-0.39, 0.29) is 93.9 Å². The summed E-state index contributed by atoms with van der Waals surface area (Å²) in [4.78, 5) is 135. The Morgan fingerprint density at radius 3 is 1.21 bits per heavy atom. The number of ketones is 2. The Kier molecular flexibility index (Phi) is 35.0. The van der Waals surface area contributed by atoms with Gasteiger partial charge in [-0.2, -0.15) is 17.6 Å². The van der Waals surface area contributed by atoms with Crippen molar-refractivity contribution < 1.29 is 125 Å². The van der Waals surface area contributed by atoms with E-state index in [0.717, 1.165) is 36.4 Å². The van der Waals surface area contributed by atoms with Gasteiger partial charge in [-0.1, -0.05) is 18.2 Å². The molecule has 0 radical (unpaired) electrons. The normalized spacial score (nSPS) is 16.1. The third-order valence-corrected chi connectivity index (χ3v) is 13.6. The van der Waals surface area contributed by atoms with Crippen molar-refractivity contribution >= 4 is 70.7 Å². The molecule has 2 heterocycles. The number of nitrogens with zero attached hydrogens (tertiary/aromatic N) is 4. The molecule has 5 rings (SSSR count). The van der Waals surface area contributed by atoms with Gasteiger partial charge in [0.1, 0.15) is 35.9 Å². The van der Waals surface area contributed by atoms with E-state index in [2.05, 4.69) is 9.97 Å². The molecule has 10 unspecified atom stereocenters. The number of benzene rings is 2. The predicted octanol–water partition coefficient (Wildman–Crippen LogP) is 2.86. The number of pyridine rings is 2. The third-order valence-electron chi connectivity index (χ3n) is 13.6. The summed E-state index contributed by atoms with van der Waals surface area (Å²) in [6.45, 7) is 2.55. The summed E-state index contributed by atoms with van der Waals surface area (Å²) in [5.74, 6) is -17.8. The molecule has 10 atom stereocenters. The molecule has 0 saturated heterocycles. The third kappa shape index (κ3) is 30.9. The van der Waals surface area contributed by atoms with Crippen molar-refractivity contribution in [1.29, 1.82) is 0 Å². The Morgan fingerprint density at radius 1 is 0.479 bits per heavy atom. The Morgan fingerprint density at radius 2 is 0.862 bits per heavy atom. The van der Waals surface area contributed by atoms with Crippen LogP contribution >= 0.6 is 0 Å². The smallest absolute Gasteiger partial charge is 0.332 e. The Hall–Kier alpha value is -9.95. The van der Waals surface area contributed by atoms with Gasteiger partial charge in [-0.15, -0.1) is 0 Å². The SMILES string of the molecule is CC(=O)C(N)CC(Cc1ccc([18F])c([N+](=O)[O-])c1)C(=O)O.CC(=O)C(N)CC(OC1CC([18F])C1)C(=O)O.NC(CC(Cc1ccc([18F])nc1)C(=O)O)C(=O)O.NC(CC(Cc1ccc([N+](=O)[O-])c([18F])c1)C(=O)O)C(=O)O.NC(CC(Cc1ccnc([18F])c1)C(=O)O)C(=O)O. The number of aromatic nitrogens is 2. The molecule has 94 heavy (non-hydrogen) atoms. The highest BCUT2D eigenvalue weighted by Crippen LogP contribution is 2.29. The van der Waals surface area contributed by atoms with E-state index in [9.17, 15) is 90.1 Å². The minimum atomic E-state index is -1.35. The van der Waals surface area contributed by atoms with Crippen LogP contribution in [0.1, 0.15) is 81.0 Å². The monoisotopic (exact) mass is 1340 g/mol. The molecule has 0 spiro atoms. The summed E-state index contributed by atoms with van der Waals surface area (Å²) in [6, 6.07) is 5.71. The molecule has 2 aromatic heterocycles. The number of carboxylic acid groups (broad SMARTS) is 8. The highest BCUT2D eigenvalue weighted by atomic mass is 18.2. The molecule has 4 aromatic rings. The highest BCUT2D eigenvalue weighted by molar-refractivity contribution is 5.83. The maximum absolute atomic E-state index is 13.4. The number of rotatable bonds is 32. The summed E-state index contributed by atoms with van der Waals surface area (Å²) in [5.41, 5.74) is 26.9. The van der Waals surface area contributed by atoms with E-state index in [0.29, 0.717) is 16.7 Å². The van der Waals surface area contributed by atoms with Crippen molar-refractivity contribution in [2.75, 3.05) is 0 Å². The Labute approximate surface area is 529 Å². The number of nitro groups is 2. The molecule has 0 amide bonds. The van der Waals surface area contributed by atoms with Crippen molar-refractivity contribution in [3.05, 3.63) is 139 Å². The number of aliphatic carboxylic acids is 8. The van der Waals surface area contributed by atoms with Gasteiger partial charge in [0, 0.05) is 43.8 Å². The van der Waals surface area contributed by atoms with Crippen molar-refractivity contribution in [1.82, 2.24) is 9.97 Å². The molecule has 37 heteroatoms. The van der Waals surface area contributed by atoms with Gasteiger partial charge in [0.15, 0.2) is 6.10 Å². The number of hydrogen-bond donors (Lipinski definition) is 13. The van der Waals surface area contributed by atoms with Gasteiger partial charge in [-0.3, -0.25) is 63.4 Å². The fourth-order valence-electron chi connectivity index (χ4n) is 8.12. The van der Waals surface area contributed by atoms with Crippen LogP contribution in [0.25, 0.3) is 0 Å². The van der Waals surface area contributed by atoms with Crippen molar-refractivity contribution in [2.45, 2.75) is 133 Å². The average Bonchev–Trinajstić information content (AvgIpc) is 0.920. The summed E-state index contributed by atoms with van der Waals surface area (Å²) in [5, 5.41) is 92.0. The van der Waals surface area contributed by atoms with E-state index in [1.165, 1.54) is 50.5 Å². The lowest BCUT2D eigenvalue weighted by Crippen LogP contribution is -2.42. The number of carboxylic acids is 8. The summed E-state index contributed by atoms with van der Waals surface area (Å²) in [7, 11) is 0. The number of carbonyl (C=O) groups excluding carboxylic acids is 2. The first-order chi connectivity index (χ1) is 43.6. The summed E-state index contributed by atoms with van der Waals surface area (Å²) in [6.07, 6.45) is -0.584. The lowest BCUT2D eigenvalue weighted by Gasteiger charge is -2.32. The fraction of sp³-hybridized carbons (Fsp3) is 0.439. The molecule has 1 aliphatic rings. The van der Waals surface area contributed by atoms with Gasteiger partial charge in [-0.05, 0) is 118 Å². The zero-order chi connectivity index (χ0) is 72.0. The second-order valence-electron chi connectivity index (χ2n) is 21.1. The number of Topliss-reactive ketones (excluding diaryl/α,β-unsaturated/α-hetero) is 2. The van der Waals surface area contributed by atoms with Crippen LogP contribution in [-0.4, -0.2) is 169 Å². The molecule has 32 nitrogen and oxygen atoms in total. The van der Waals surface area contributed by atoms with Crippen molar-refractivity contribution in [2.24, 2.45) is 52.3 Å². The van der Waals surface area contributed by atoms with Crippen LogP contribution in [0.2, 0.25) is 0 Å². The van der Waals surface area contributed by atoms with Crippen LogP contribution in [0, 0.1) is 67.4 Å². The van der Waals surface area contributed by atoms with Gasteiger partial charge in [0.25, 0.3) is 0 Å². The minimum absolute atomic E-state index is 0.00968. The molecular weight excluding hydrogens is 1270 g/mol. The zero-order valence-corrected chi connectivity index (χ0v) is 49.9. The quantitative estimate of drug-likeness (QED) is 0.0145. The first kappa shape index (κ1) is 82.1. The molecule has 2 aromatic carbocycles. The second-order valence-corrected chi connectivity index (χ2v) is 21.1. The molecule has 0 aliphatic heterocycles. The minimum Gasteiger partial charge on any atom is -0.481 e. The van der Waals surface area contributed by atoms with E-state index in [4.69, 9.17) is 74.3 Å². The second kappa shape index (κ2) is 40.1. The first-order valence-corrected chi connectivity index (χ1v) is 27.6. The number of hydrogen-bond acceptors (Lipinski definition) is 22. The van der Waals surface area contributed by atoms with E-state index in [1.807, 2.05) is 0 Å². The number of nitro benzene ring substituents is 2. The van der Waals surface area contributed by atoms with E-state index >= 15 is 0 Å². The summed E-state index contributed by atoms with van der Waals surface area (Å²) >= 11 is 0. The van der Waals surface area contributed by atoms with Gasteiger partial charge in [0.05, 0.1) is 51.7 Å². The lowest BCUT2D eigenvalue weighted by molar-refractivity contribution is -0.387. The molecular formula is C57H70F5N9O23. The number of alkyl halides is 1. The maximum Gasteiger partial charge on any atom is 0.332 e. The van der Waals surface area contributed by atoms with Crippen LogP contribution in [-0.2, 0) is 78.4 Å². The zero-order valence-electron chi connectivity index (χ0n) is 49.9. The molecule has 1 fully saturated rings. The molecule has 18 N–H and O–H groups in total. The number of halogens is 5. The van der Waals surface area contributed by atoms with Gasteiger partial charge in [-0.25, -0.2) is 19.2 Å². The lowest BCUT2D eigenvalue weighted by atomic mass is 9.91. The summed E-state index contributed by atoms with van der Waals surface area (Å²) < 4.78 is 69.7.